The van der Waals surface area contributed by atoms with Crippen molar-refractivity contribution < 1.29 is 14.3 Å². The van der Waals surface area contributed by atoms with E-state index in [9.17, 15) is 4.79 Å². The average molecular weight is 351 g/mol. The van der Waals surface area contributed by atoms with Crippen molar-refractivity contribution in [3.8, 4) is 0 Å². The van der Waals surface area contributed by atoms with Crippen LogP contribution in [0.4, 0.5) is 4.79 Å². The maximum atomic E-state index is 11.9. The van der Waals surface area contributed by atoms with E-state index in [-0.39, 0.29) is 11.5 Å². The molecule has 0 aromatic heterocycles. The Morgan fingerprint density at radius 1 is 1.16 bits per heavy atom. The van der Waals surface area contributed by atoms with E-state index in [4.69, 9.17) is 15.2 Å². The van der Waals surface area contributed by atoms with E-state index in [1.165, 1.54) is 5.56 Å². The zero-order chi connectivity index (χ0) is 18.9. The molecule has 0 aliphatic rings. The Labute approximate surface area is 152 Å². The fraction of sp³-hybridized carbons (Fsp3) is 0.650. The van der Waals surface area contributed by atoms with Crippen molar-refractivity contribution in [1.82, 2.24) is 5.32 Å². The van der Waals surface area contributed by atoms with Crippen molar-refractivity contribution in [2.75, 3.05) is 13.2 Å². The zero-order valence-corrected chi connectivity index (χ0v) is 16.3. The van der Waals surface area contributed by atoms with Crippen molar-refractivity contribution in [3.05, 3.63) is 35.9 Å². The molecule has 0 heterocycles. The number of amides is 1. The molecular weight excluding hydrogens is 316 g/mol. The summed E-state index contributed by atoms with van der Waals surface area (Å²) in [6.07, 6.45) is 1.25. The maximum absolute atomic E-state index is 11.9. The van der Waals surface area contributed by atoms with Crippen LogP contribution in [0.5, 0.6) is 0 Å². The molecule has 1 aromatic rings. The summed E-state index contributed by atoms with van der Waals surface area (Å²) in [5, 5.41) is 2.87. The quantitative estimate of drug-likeness (QED) is 0.663. The predicted octanol–water partition coefficient (Wildman–Crippen LogP) is 3.86. The van der Waals surface area contributed by atoms with Gasteiger partial charge in [-0.05, 0) is 44.6 Å². The molecule has 0 aliphatic heterocycles. The first-order chi connectivity index (χ1) is 11.6. The highest BCUT2D eigenvalue weighted by molar-refractivity contribution is 5.68. The Hall–Kier alpha value is -1.59. The summed E-state index contributed by atoms with van der Waals surface area (Å²) >= 11 is 0. The molecule has 0 aliphatic carbocycles. The van der Waals surface area contributed by atoms with Crippen LogP contribution in [0, 0.1) is 5.41 Å². The van der Waals surface area contributed by atoms with Crippen LogP contribution in [0.3, 0.4) is 0 Å². The van der Waals surface area contributed by atoms with E-state index in [0.717, 1.165) is 12.8 Å². The Bertz CT molecular complexity index is 509. The van der Waals surface area contributed by atoms with Gasteiger partial charge >= 0.3 is 6.09 Å². The SMILES string of the molecule is CC(C)(CCOCc1ccccc1)CC(CN)NC(=O)OC(C)(C)C. The summed E-state index contributed by atoms with van der Waals surface area (Å²) in [4.78, 5) is 11.9. The van der Waals surface area contributed by atoms with Crippen molar-refractivity contribution >= 4 is 6.09 Å². The van der Waals surface area contributed by atoms with Crippen LogP contribution in [-0.2, 0) is 16.1 Å². The third kappa shape index (κ3) is 10.1. The molecular formula is C20H34N2O3. The molecule has 0 bridgehead atoms. The molecule has 0 saturated heterocycles. The molecule has 0 spiro atoms. The molecule has 1 amide bonds. The highest BCUT2D eigenvalue weighted by atomic mass is 16.6. The van der Waals surface area contributed by atoms with Crippen LogP contribution in [0.2, 0.25) is 0 Å². The van der Waals surface area contributed by atoms with Crippen molar-refractivity contribution in [2.24, 2.45) is 11.1 Å². The van der Waals surface area contributed by atoms with Gasteiger partial charge in [-0.3, -0.25) is 0 Å². The fourth-order valence-corrected chi connectivity index (χ4v) is 2.55. The number of ether oxygens (including phenoxy) is 2. The summed E-state index contributed by atoms with van der Waals surface area (Å²) in [5.74, 6) is 0. The molecule has 0 radical (unpaired) electrons. The van der Waals surface area contributed by atoms with Gasteiger partial charge in [-0.25, -0.2) is 4.79 Å². The number of carbonyl (C=O) groups is 1. The molecule has 0 fully saturated rings. The Balaban J connectivity index is 2.36. The smallest absolute Gasteiger partial charge is 0.407 e. The highest BCUT2D eigenvalue weighted by Gasteiger charge is 2.25. The largest absolute Gasteiger partial charge is 0.444 e. The monoisotopic (exact) mass is 350 g/mol. The lowest BCUT2D eigenvalue weighted by Crippen LogP contribution is -2.45. The summed E-state index contributed by atoms with van der Waals surface area (Å²) in [5.41, 5.74) is 6.49. The van der Waals surface area contributed by atoms with Gasteiger partial charge in [0.1, 0.15) is 5.60 Å². The fourth-order valence-electron chi connectivity index (χ4n) is 2.55. The zero-order valence-electron chi connectivity index (χ0n) is 16.3. The van der Waals surface area contributed by atoms with Crippen molar-refractivity contribution in [3.63, 3.8) is 0 Å². The number of hydrogen-bond acceptors (Lipinski definition) is 4. The third-order valence-corrected chi connectivity index (χ3v) is 3.84. The average Bonchev–Trinajstić information content (AvgIpc) is 2.50. The predicted molar refractivity (Wildman–Crippen MR) is 101 cm³/mol. The van der Waals surface area contributed by atoms with Gasteiger partial charge in [0.2, 0.25) is 0 Å². The second-order valence-corrected chi connectivity index (χ2v) is 8.24. The minimum absolute atomic E-state index is 0.00966. The third-order valence-electron chi connectivity index (χ3n) is 3.84. The number of nitrogens with one attached hydrogen (secondary N) is 1. The van der Waals surface area contributed by atoms with Crippen molar-refractivity contribution in [2.45, 2.75) is 65.7 Å². The minimum atomic E-state index is -0.510. The standard InChI is InChI=1S/C20H34N2O3/c1-19(2,3)25-18(23)22-17(14-21)13-20(4,5)11-12-24-15-16-9-7-6-8-10-16/h6-10,17H,11-15,21H2,1-5H3,(H,22,23). The molecule has 1 atom stereocenters. The first-order valence-corrected chi connectivity index (χ1v) is 8.92. The number of nitrogens with two attached hydrogens (primary N) is 1. The molecule has 25 heavy (non-hydrogen) atoms. The Morgan fingerprint density at radius 2 is 1.80 bits per heavy atom. The summed E-state index contributed by atoms with van der Waals surface area (Å²) in [6, 6.07) is 10.0. The number of carbonyl (C=O) groups excluding carboxylic acids is 1. The first-order valence-electron chi connectivity index (χ1n) is 8.92. The molecule has 1 unspecified atom stereocenters. The van der Waals surface area contributed by atoms with E-state index in [1.54, 1.807) is 0 Å². The van der Waals surface area contributed by atoms with Crippen LogP contribution in [0.15, 0.2) is 30.3 Å². The van der Waals surface area contributed by atoms with Gasteiger partial charge in [-0.15, -0.1) is 0 Å². The Kier molecular flexibility index (Phi) is 8.39. The van der Waals surface area contributed by atoms with Crippen LogP contribution < -0.4 is 11.1 Å². The van der Waals surface area contributed by atoms with Crippen molar-refractivity contribution in [1.29, 1.82) is 0 Å². The van der Waals surface area contributed by atoms with Crippen LogP contribution in [0.1, 0.15) is 53.0 Å². The lowest BCUT2D eigenvalue weighted by Gasteiger charge is -2.30. The second-order valence-electron chi connectivity index (χ2n) is 8.24. The maximum Gasteiger partial charge on any atom is 0.407 e. The van der Waals surface area contributed by atoms with Crippen LogP contribution >= 0.6 is 0 Å². The molecule has 1 rings (SSSR count). The van der Waals surface area contributed by atoms with E-state index in [2.05, 4.69) is 31.3 Å². The topological polar surface area (TPSA) is 73.6 Å². The van der Waals surface area contributed by atoms with E-state index in [1.807, 2.05) is 39.0 Å². The first kappa shape index (κ1) is 21.5. The van der Waals surface area contributed by atoms with E-state index in [0.29, 0.717) is 19.8 Å². The molecule has 5 heteroatoms. The van der Waals surface area contributed by atoms with Gasteiger partial charge in [-0.2, -0.15) is 0 Å². The van der Waals surface area contributed by atoms with Gasteiger partial charge in [0.25, 0.3) is 0 Å². The summed E-state index contributed by atoms with van der Waals surface area (Å²) in [6.45, 7) is 11.5. The van der Waals surface area contributed by atoms with E-state index < -0.39 is 11.7 Å². The Morgan fingerprint density at radius 3 is 2.36 bits per heavy atom. The minimum Gasteiger partial charge on any atom is -0.444 e. The van der Waals surface area contributed by atoms with Gasteiger partial charge in [0.05, 0.1) is 6.61 Å². The number of hydrogen-bond donors (Lipinski definition) is 2. The molecule has 5 nitrogen and oxygen atoms in total. The van der Waals surface area contributed by atoms with Gasteiger partial charge < -0.3 is 20.5 Å². The lowest BCUT2D eigenvalue weighted by molar-refractivity contribution is 0.0481. The summed E-state index contributed by atoms with van der Waals surface area (Å²) < 4.78 is 11.1. The normalized spacial score (nSPS) is 13.4. The number of benzene rings is 1. The molecule has 3 N–H and O–H groups in total. The van der Waals surface area contributed by atoms with Crippen LogP contribution in [-0.4, -0.2) is 30.9 Å². The second kappa shape index (κ2) is 9.78. The number of rotatable bonds is 9. The highest BCUT2D eigenvalue weighted by Crippen LogP contribution is 2.27. The van der Waals surface area contributed by atoms with Crippen LogP contribution in [0.25, 0.3) is 0 Å². The summed E-state index contributed by atoms with van der Waals surface area (Å²) in [7, 11) is 0. The molecule has 1 aromatic carbocycles. The molecule has 0 saturated carbocycles. The van der Waals surface area contributed by atoms with Gasteiger partial charge in [0, 0.05) is 19.2 Å². The van der Waals surface area contributed by atoms with Gasteiger partial charge in [0.15, 0.2) is 0 Å². The van der Waals surface area contributed by atoms with E-state index >= 15 is 0 Å². The van der Waals surface area contributed by atoms with Gasteiger partial charge in [-0.1, -0.05) is 44.2 Å². The number of alkyl carbamates (subject to hydrolysis) is 1. The lowest BCUT2D eigenvalue weighted by atomic mass is 9.83. The molecule has 142 valence electrons.